The molecule has 2 rings (SSSR count). The molecule has 0 fully saturated rings. The first-order valence-electron chi connectivity index (χ1n) is 3.26. The summed E-state index contributed by atoms with van der Waals surface area (Å²) in [4.78, 5) is 0. The number of fused-ring (bicyclic) bond motifs is 1. The van der Waals surface area contributed by atoms with Crippen LogP contribution in [0.1, 0.15) is 5.56 Å². The molecule has 0 aliphatic rings. The molecule has 0 aliphatic carbocycles. The Balaban J connectivity index is 2.92. The van der Waals surface area contributed by atoms with E-state index in [1.54, 1.807) is 12.3 Å². The van der Waals surface area contributed by atoms with E-state index in [4.69, 9.17) is 10.8 Å². The van der Waals surface area contributed by atoms with Crippen molar-refractivity contribution in [1.82, 2.24) is 0 Å². The molecular weight excluding hydrogens is 136 g/mol. The molecule has 51 valence electrons. The van der Waals surface area contributed by atoms with Gasteiger partial charge in [0.1, 0.15) is 5.58 Å². The summed E-state index contributed by atoms with van der Waals surface area (Å²) >= 11 is 0. The van der Waals surface area contributed by atoms with Crippen molar-refractivity contribution < 1.29 is 4.42 Å². The monoisotopic (exact) mass is 141 g/mol. The van der Waals surface area contributed by atoms with Gasteiger partial charge in [-0.2, -0.15) is 0 Å². The molecule has 0 spiro atoms. The van der Waals surface area contributed by atoms with Gasteiger partial charge in [-0.05, 0) is 24.3 Å². The smallest absolute Gasteiger partial charge is 0.135 e. The third-order valence-corrected chi connectivity index (χ3v) is 1.57. The number of furan rings is 1. The van der Waals surface area contributed by atoms with Crippen LogP contribution >= 0.6 is 0 Å². The van der Waals surface area contributed by atoms with Crippen LogP contribution in [0.15, 0.2) is 28.9 Å². The first kappa shape index (κ1) is 6.06. The van der Waals surface area contributed by atoms with Gasteiger partial charge in [-0.25, -0.2) is 0 Å². The highest BCUT2D eigenvalue weighted by molar-refractivity contribution is 5.83. The molecule has 1 nitrogen and oxygen atoms in total. The van der Waals surface area contributed by atoms with Crippen molar-refractivity contribution in [2.75, 3.05) is 0 Å². The highest BCUT2D eigenvalue weighted by atomic mass is 16.3. The van der Waals surface area contributed by atoms with Gasteiger partial charge in [0.2, 0.25) is 0 Å². The number of hydrogen-bond acceptors (Lipinski definition) is 1. The molecule has 0 unspecified atom stereocenters. The second-order valence-electron chi connectivity index (χ2n) is 2.20. The summed E-state index contributed by atoms with van der Waals surface area (Å²) in [5.74, 6) is 2.54. The molecule has 0 saturated heterocycles. The normalized spacial score (nSPS) is 9.73. The Labute approximate surface area is 64.6 Å². The SMILES string of the molecule is C#Cc1[c]ccc2occc12. The molecule has 0 bridgehead atoms. The van der Waals surface area contributed by atoms with Crippen molar-refractivity contribution in [3.63, 3.8) is 0 Å². The van der Waals surface area contributed by atoms with Gasteiger partial charge >= 0.3 is 0 Å². The average molecular weight is 141 g/mol. The molecule has 1 radical (unpaired) electrons. The Morgan fingerprint density at radius 1 is 1.45 bits per heavy atom. The predicted molar refractivity (Wildman–Crippen MR) is 43.0 cm³/mol. The molecule has 0 aliphatic heterocycles. The summed E-state index contributed by atoms with van der Waals surface area (Å²) in [7, 11) is 0. The minimum absolute atomic E-state index is 0.760. The van der Waals surface area contributed by atoms with Gasteiger partial charge in [-0.3, -0.25) is 0 Å². The lowest BCUT2D eigenvalue weighted by Crippen LogP contribution is -1.73. The molecule has 0 saturated carbocycles. The summed E-state index contributed by atoms with van der Waals surface area (Å²) in [5.41, 5.74) is 1.58. The van der Waals surface area contributed by atoms with E-state index in [0.29, 0.717) is 0 Å². The van der Waals surface area contributed by atoms with Gasteiger partial charge in [-0.1, -0.05) is 5.92 Å². The van der Waals surface area contributed by atoms with Crippen LogP contribution in [-0.4, -0.2) is 0 Å². The number of benzene rings is 1. The molecule has 0 N–H and O–H groups in total. The summed E-state index contributed by atoms with van der Waals surface area (Å²) in [5, 5.41) is 0.954. The van der Waals surface area contributed by atoms with E-state index in [0.717, 1.165) is 16.5 Å². The standard InChI is InChI=1S/C10H5O/c1-2-8-4-3-5-10-9(8)6-7-11-10/h1,3,5-7H. The van der Waals surface area contributed by atoms with Gasteiger partial charge in [-0.15, -0.1) is 6.42 Å². The maximum absolute atomic E-state index is 5.25. The highest BCUT2D eigenvalue weighted by Gasteiger charge is 1.98. The van der Waals surface area contributed by atoms with Crippen molar-refractivity contribution in [3.8, 4) is 12.3 Å². The minimum atomic E-state index is 0.760. The number of hydrogen-bond donors (Lipinski definition) is 0. The van der Waals surface area contributed by atoms with Crippen LogP contribution in [-0.2, 0) is 0 Å². The third-order valence-electron chi connectivity index (χ3n) is 1.57. The molecule has 1 heterocycles. The van der Waals surface area contributed by atoms with Crippen LogP contribution < -0.4 is 0 Å². The lowest BCUT2D eigenvalue weighted by Gasteiger charge is -1.89. The van der Waals surface area contributed by atoms with Crippen LogP contribution in [0, 0.1) is 18.4 Å². The Morgan fingerprint density at radius 2 is 2.36 bits per heavy atom. The van der Waals surface area contributed by atoms with Gasteiger partial charge < -0.3 is 4.42 Å². The lowest BCUT2D eigenvalue weighted by molar-refractivity contribution is 0.616. The van der Waals surface area contributed by atoms with E-state index in [2.05, 4.69) is 12.0 Å². The summed E-state index contributed by atoms with van der Waals surface area (Å²) in [6.07, 6.45) is 6.88. The fourth-order valence-corrected chi connectivity index (χ4v) is 1.05. The lowest BCUT2D eigenvalue weighted by atomic mass is 10.1. The molecule has 1 heteroatoms. The van der Waals surface area contributed by atoms with Gasteiger partial charge in [0, 0.05) is 10.9 Å². The second-order valence-corrected chi connectivity index (χ2v) is 2.20. The molecular formula is C10H5O. The first-order valence-corrected chi connectivity index (χ1v) is 3.26. The van der Waals surface area contributed by atoms with Gasteiger partial charge in [0.05, 0.1) is 6.26 Å². The Bertz CT molecular complexity index is 418. The number of terminal acetylenes is 1. The summed E-state index contributed by atoms with van der Waals surface area (Å²) < 4.78 is 5.14. The Morgan fingerprint density at radius 3 is 3.18 bits per heavy atom. The van der Waals surface area contributed by atoms with E-state index in [-0.39, 0.29) is 0 Å². The quantitative estimate of drug-likeness (QED) is 0.512. The van der Waals surface area contributed by atoms with Gasteiger partial charge in [0.25, 0.3) is 0 Å². The van der Waals surface area contributed by atoms with Crippen LogP contribution in [0.3, 0.4) is 0 Å². The van der Waals surface area contributed by atoms with Crippen molar-refractivity contribution in [3.05, 3.63) is 36.1 Å². The zero-order valence-electron chi connectivity index (χ0n) is 5.79. The molecule has 1 aromatic heterocycles. The van der Waals surface area contributed by atoms with Crippen molar-refractivity contribution >= 4 is 11.0 Å². The van der Waals surface area contributed by atoms with E-state index in [9.17, 15) is 0 Å². The van der Waals surface area contributed by atoms with E-state index < -0.39 is 0 Å². The van der Waals surface area contributed by atoms with Crippen molar-refractivity contribution in [1.29, 1.82) is 0 Å². The summed E-state index contributed by atoms with van der Waals surface area (Å²) in [6.45, 7) is 0. The van der Waals surface area contributed by atoms with E-state index >= 15 is 0 Å². The van der Waals surface area contributed by atoms with Crippen molar-refractivity contribution in [2.45, 2.75) is 0 Å². The molecule has 0 atom stereocenters. The van der Waals surface area contributed by atoms with Crippen molar-refractivity contribution in [2.24, 2.45) is 0 Å². The van der Waals surface area contributed by atoms with E-state index in [1.807, 2.05) is 12.1 Å². The summed E-state index contributed by atoms with van der Waals surface area (Å²) in [6, 6.07) is 8.41. The third kappa shape index (κ3) is 0.805. The molecule has 11 heavy (non-hydrogen) atoms. The Hall–Kier alpha value is -1.68. The molecule has 2 aromatic rings. The first-order chi connectivity index (χ1) is 5.42. The average Bonchev–Trinajstić information content (AvgIpc) is 2.50. The topological polar surface area (TPSA) is 13.1 Å². The fraction of sp³-hybridized carbons (Fsp3) is 0. The van der Waals surface area contributed by atoms with Crippen LogP contribution in [0.2, 0.25) is 0 Å². The molecule has 0 amide bonds. The zero-order valence-corrected chi connectivity index (χ0v) is 5.79. The number of rotatable bonds is 0. The Kier molecular flexibility index (Phi) is 1.20. The maximum atomic E-state index is 5.25. The maximum Gasteiger partial charge on any atom is 0.135 e. The van der Waals surface area contributed by atoms with Crippen LogP contribution in [0.25, 0.3) is 11.0 Å². The minimum Gasteiger partial charge on any atom is -0.464 e. The van der Waals surface area contributed by atoms with Crippen LogP contribution in [0.4, 0.5) is 0 Å². The molecule has 1 aromatic carbocycles. The van der Waals surface area contributed by atoms with E-state index in [1.165, 1.54) is 0 Å². The van der Waals surface area contributed by atoms with Gasteiger partial charge in [0.15, 0.2) is 0 Å². The largest absolute Gasteiger partial charge is 0.464 e. The predicted octanol–water partition coefficient (Wildman–Crippen LogP) is 2.21. The fourth-order valence-electron chi connectivity index (χ4n) is 1.05. The highest BCUT2D eigenvalue weighted by Crippen LogP contribution is 2.17. The zero-order chi connectivity index (χ0) is 7.68. The van der Waals surface area contributed by atoms with Crippen LogP contribution in [0.5, 0.6) is 0 Å². The second kappa shape index (κ2) is 2.17.